The summed E-state index contributed by atoms with van der Waals surface area (Å²) in [4.78, 5) is 14.0. The molecule has 0 atom stereocenters. The molecule has 2 aromatic carbocycles. The zero-order valence-electron chi connectivity index (χ0n) is 15.5. The zero-order chi connectivity index (χ0) is 20.6. The van der Waals surface area contributed by atoms with Crippen LogP contribution in [0.1, 0.15) is 11.1 Å². The SMILES string of the molecule is O=C(CN1CCOCC1)N/N=C/c1cc(Br)c(OCc2ccccc2F)c(I)c1. The van der Waals surface area contributed by atoms with Gasteiger partial charge in [-0.05, 0) is 62.3 Å². The third kappa shape index (κ3) is 6.73. The quantitative estimate of drug-likeness (QED) is 0.312. The van der Waals surface area contributed by atoms with Crippen molar-refractivity contribution in [1.29, 1.82) is 0 Å². The molecule has 0 aliphatic carbocycles. The highest BCUT2D eigenvalue weighted by atomic mass is 127. The van der Waals surface area contributed by atoms with E-state index in [1.165, 1.54) is 6.07 Å². The number of nitrogens with one attached hydrogen (secondary N) is 1. The van der Waals surface area contributed by atoms with Gasteiger partial charge in [-0.3, -0.25) is 9.69 Å². The van der Waals surface area contributed by atoms with E-state index in [1.54, 1.807) is 24.4 Å². The largest absolute Gasteiger partial charge is 0.486 e. The topological polar surface area (TPSA) is 63.2 Å². The lowest BCUT2D eigenvalue weighted by Crippen LogP contribution is -2.42. The normalized spacial score (nSPS) is 14.9. The first kappa shape index (κ1) is 22.1. The Morgan fingerprint density at radius 3 is 2.83 bits per heavy atom. The third-order valence-electron chi connectivity index (χ3n) is 4.22. The molecule has 1 aliphatic rings. The number of rotatable bonds is 7. The fourth-order valence-electron chi connectivity index (χ4n) is 2.73. The van der Waals surface area contributed by atoms with Crippen molar-refractivity contribution in [1.82, 2.24) is 10.3 Å². The number of morpholine rings is 1. The lowest BCUT2D eigenvalue weighted by molar-refractivity contribution is -0.123. The maximum absolute atomic E-state index is 13.8. The first-order chi connectivity index (χ1) is 14.0. The molecule has 1 heterocycles. The van der Waals surface area contributed by atoms with Gasteiger partial charge < -0.3 is 9.47 Å². The van der Waals surface area contributed by atoms with Crippen LogP contribution in [0, 0.1) is 9.39 Å². The van der Waals surface area contributed by atoms with E-state index in [4.69, 9.17) is 9.47 Å². The fraction of sp³-hybridized carbons (Fsp3) is 0.300. The third-order valence-corrected chi connectivity index (χ3v) is 5.61. The predicted octanol–water partition coefficient (Wildman–Crippen LogP) is 3.55. The standard InChI is InChI=1S/C20H20BrFIN3O3/c21-16-9-14(11-24-25-19(27)12-26-5-7-28-8-6-26)10-18(23)20(16)29-13-15-3-1-2-4-17(15)22/h1-4,9-11H,5-8,12-13H2,(H,25,27)/b24-11+. The molecule has 29 heavy (non-hydrogen) atoms. The number of hydrogen-bond donors (Lipinski definition) is 1. The molecule has 0 bridgehead atoms. The Balaban J connectivity index is 1.56. The fourth-order valence-corrected chi connectivity index (χ4v) is 4.50. The van der Waals surface area contributed by atoms with E-state index >= 15 is 0 Å². The summed E-state index contributed by atoms with van der Waals surface area (Å²) in [6.07, 6.45) is 1.57. The highest BCUT2D eigenvalue weighted by Crippen LogP contribution is 2.32. The number of nitrogens with zero attached hydrogens (tertiary/aromatic N) is 2. The number of ether oxygens (including phenoxy) is 2. The molecule has 1 N–H and O–H groups in total. The van der Waals surface area contributed by atoms with Crippen LogP contribution in [0.2, 0.25) is 0 Å². The predicted molar refractivity (Wildman–Crippen MR) is 121 cm³/mol. The van der Waals surface area contributed by atoms with Gasteiger partial charge in [-0.15, -0.1) is 0 Å². The van der Waals surface area contributed by atoms with E-state index in [9.17, 15) is 9.18 Å². The number of benzene rings is 2. The van der Waals surface area contributed by atoms with E-state index < -0.39 is 0 Å². The van der Waals surface area contributed by atoms with Crippen molar-refractivity contribution >= 4 is 50.6 Å². The minimum atomic E-state index is -0.296. The molecule has 0 saturated carbocycles. The molecule has 0 radical (unpaired) electrons. The van der Waals surface area contributed by atoms with Crippen molar-refractivity contribution < 1.29 is 18.7 Å². The second-order valence-electron chi connectivity index (χ2n) is 6.38. The first-order valence-electron chi connectivity index (χ1n) is 9.00. The number of amides is 1. The molecular formula is C20H20BrFIN3O3. The summed E-state index contributed by atoms with van der Waals surface area (Å²) in [5, 5.41) is 4.03. The summed E-state index contributed by atoms with van der Waals surface area (Å²) in [5.41, 5.74) is 3.83. The molecule has 3 rings (SSSR count). The molecule has 0 spiro atoms. The van der Waals surface area contributed by atoms with E-state index in [-0.39, 0.29) is 18.3 Å². The summed E-state index contributed by atoms with van der Waals surface area (Å²) in [7, 11) is 0. The molecule has 6 nitrogen and oxygen atoms in total. The van der Waals surface area contributed by atoms with Gasteiger partial charge in [0.25, 0.3) is 5.91 Å². The summed E-state index contributed by atoms with van der Waals surface area (Å²) >= 11 is 5.63. The minimum Gasteiger partial charge on any atom is -0.486 e. The van der Waals surface area contributed by atoms with Gasteiger partial charge in [0.05, 0.1) is 34.0 Å². The van der Waals surface area contributed by atoms with Gasteiger partial charge in [0.1, 0.15) is 18.2 Å². The maximum atomic E-state index is 13.8. The Bertz CT molecular complexity index is 868. The first-order valence-corrected chi connectivity index (χ1v) is 10.9. The van der Waals surface area contributed by atoms with Crippen LogP contribution in [0.5, 0.6) is 5.75 Å². The Hall–Kier alpha value is -1.56. The van der Waals surface area contributed by atoms with Crippen molar-refractivity contribution in [3.05, 3.63) is 61.4 Å². The van der Waals surface area contributed by atoms with Gasteiger partial charge in [0, 0.05) is 18.7 Å². The van der Waals surface area contributed by atoms with Crippen LogP contribution in [0.3, 0.4) is 0 Å². The van der Waals surface area contributed by atoms with E-state index in [1.807, 2.05) is 17.0 Å². The summed E-state index contributed by atoms with van der Waals surface area (Å²) in [6.45, 7) is 3.22. The Labute approximate surface area is 190 Å². The molecule has 2 aromatic rings. The average molecular weight is 576 g/mol. The zero-order valence-corrected chi connectivity index (χ0v) is 19.3. The van der Waals surface area contributed by atoms with Crippen LogP contribution < -0.4 is 10.2 Å². The molecule has 1 aliphatic heterocycles. The average Bonchev–Trinajstić information content (AvgIpc) is 2.69. The highest BCUT2D eigenvalue weighted by molar-refractivity contribution is 14.1. The number of carbonyl (C=O) groups excluding carboxylic acids is 1. The number of halogens is 3. The summed E-state index contributed by atoms with van der Waals surface area (Å²) in [6, 6.07) is 10.2. The number of carbonyl (C=O) groups is 1. The van der Waals surface area contributed by atoms with Gasteiger partial charge in [0.15, 0.2) is 0 Å². The van der Waals surface area contributed by atoms with Crippen LogP contribution in [0.15, 0.2) is 46.0 Å². The van der Waals surface area contributed by atoms with Crippen LogP contribution in [0.25, 0.3) is 0 Å². The van der Waals surface area contributed by atoms with Crippen LogP contribution in [0.4, 0.5) is 4.39 Å². The lowest BCUT2D eigenvalue weighted by Gasteiger charge is -2.25. The second kappa shape index (κ2) is 11.0. The van der Waals surface area contributed by atoms with E-state index in [0.717, 1.165) is 26.7 Å². The van der Waals surface area contributed by atoms with Crippen molar-refractivity contribution in [3.63, 3.8) is 0 Å². The Morgan fingerprint density at radius 1 is 1.34 bits per heavy atom. The van der Waals surface area contributed by atoms with Crippen LogP contribution >= 0.6 is 38.5 Å². The Kier molecular flexibility index (Phi) is 8.40. The monoisotopic (exact) mass is 575 g/mol. The van der Waals surface area contributed by atoms with Gasteiger partial charge in [-0.2, -0.15) is 5.10 Å². The van der Waals surface area contributed by atoms with Crippen molar-refractivity contribution in [2.24, 2.45) is 5.10 Å². The maximum Gasteiger partial charge on any atom is 0.254 e. The van der Waals surface area contributed by atoms with Crippen molar-refractivity contribution in [3.8, 4) is 5.75 Å². The smallest absolute Gasteiger partial charge is 0.254 e. The molecule has 154 valence electrons. The second-order valence-corrected chi connectivity index (χ2v) is 8.39. The number of hydrazone groups is 1. The van der Waals surface area contributed by atoms with E-state index in [2.05, 4.69) is 49.0 Å². The van der Waals surface area contributed by atoms with Crippen molar-refractivity contribution in [2.75, 3.05) is 32.8 Å². The van der Waals surface area contributed by atoms with Gasteiger partial charge in [-0.25, -0.2) is 9.82 Å². The summed E-state index contributed by atoms with van der Waals surface area (Å²) < 4.78 is 26.4. The summed E-state index contributed by atoms with van der Waals surface area (Å²) in [5.74, 6) is 0.166. The molecule has 0 aromatic heterocycles. The molecular weight excluding hydrogens is 556 g/mol. The van der Waals surface area contributed by atoms with Crippen molar-refractivity contribution in [2.45, 2.75) is 6.61 Å². The molecule has 1 fully saturated rings. The number of hydrogen-bond acceptors (Lipinski definition) is 5. The lowest BCUT2D eigenvalue weighted by atomic mass is 10.2. The van der Waals surface area contributed by atoms with Crippen LogP contribution in [-0.2, 0) is 16.1 Å². The van der Waals surface area contributed by atoms with Gasteiger partial charge >= 0.3 is 0 Å². The molecule has 1 amide bonds. The molecule has 0 unspecified atom stereocenters. The van der Waals surface area contributed by atoms with Crippen LogP contribution in [-0.4, -0.2) is 49.9 Å². The highest BCUT2D eigenvalue weighted by Gasteiger charge is 2.14. The van der Waals surface area contributed by atoms with Gasteiger partial charge in [0.2, 0.25) is 0 Å². The van der Waals surface area contributed by atoms with E-state index in [0.29, 0.717) is 31.1 Å². The minimum absolute atomic E-state index is 0.131. The van der Waals surface area contributed by atoms with Gasteiger partial charge in [-0.1, -0.05) is 18.2 Å². The Morgan fingerprint density at radius 2 is 2.10 bits per heavy atom. The molecule has 9 heteroatoms. The molecule has 1 saturated heterocycles.